The highest BCUT2D eigenvalue weighted by Gasteiger charge is 2.21. The molecule has 0 bridgehead atoms. The summed E-state index contributed by atoms with van der Waals surface area (Å²) in [5.74, 6) is -0.0351. The fourth-order valence-corrected chi connectivity index (χ4v) is 3.66. The summed E-state index contributed by atoms with van der Waals surface area (Å²) in [5.41, 5.74) is 1.01. The Balaban J connectivity index is 0.00000243. The topological polar surface area (TPSA) is 87.2 Å². The van der Waals surface area contributed by atoms with Crippen LogP contribution in [0.4, 0.5) is 5.82 Å². The third-order valence-electron chi connectivity index (χ3n) is 3.75. The van der Waals surface area contributed by atoms with Crippen molar-refractivity contribution in [2.24, 2.45) is 0 Å². The lowest BCUT2D eigenvalue weighted by Gasteiger charge is -2.20. The Morgan fingerprint density at radius 3 is 2.92 bits per heavy atom. The van der Waals surface area contributed by atoms with Crippen LogP contribution in [-0.4, -0.2) is 46.8 Å². The fraction of sp³-hybridized carbons (Fsp3) is 0.375. The molecule has 2 amide bonds. The SMILES string of the molecule is CN1CCc2nc(C(=O)NCCC(=O)Nc3ccc(Cl)cn3)sc2C1.Cl. The number of amides is 2. The molecule has 1 aliphatic heterocycles. The van der Waals surface area contributed by atoms with Crippen LogP contribution < -0.4 is 10.6 Å². The van der Waals surface area contributed by atoms with Crippen LogP contribution in [-0.2, 0) is 17.8 Å². The van der Waals surface area contributed by atoms with E-state index < -0.39 is 0 Å². The first kappa shape index (κ1) is 20.6. The molecule has 0 saturated heterocycles. The maximum absolute atomic E-state index is 12.2. The maximum Gasteiger partial charge on any atom is 0.280 e. The lowest BCUT2D eigenvalue weighted by Crippen LogP contribution is -2.27. The second-order valence-electron chi connectivity index (χ2n) is 5.79. The molecule has 2 aromatic heterocycles. The van der Waals surface area contributed by atoms with E-state index in [9.17, 15) is 9.59 Å². The monoisotopic (exact) mass is 415 g/mol. The number of aromatic nitrogens is 2. The summed E-state index contributed by atoms with van der Waals surface area (Å²) in [5, 5.41) is 6.35. The molecule has 7 nitrogen and oxygen atoms in total. The Morgan fingerprint density at radius 1 is 1.38 bits per heavy atom. The van der Waals surface area contributed by atoms with Crippen LogP contribution >= 0.6 is 35.3 Å². The number of nitrogens with one attached hydrogen (secondary N) is 2. The minimum Gasteiger partial charge on any atom is -0.349 e. The molecule has 0 radical (unpaired) electrons. The number of thiazole rings is 1. The van der Waals surface area contributed by atoms with Crippen molar-refractivity contribution < 1.29 is 9.59 Å². The molecule has 0 aromatic carbocycles. The van der Waals surface area contributed by atoms with Crippen molar-refractivity contribution in [3.63, 3.8) is 0 Å². The van der Waals surface area contributed by atoms with Crippen molar-refractivity contribution in [3.8, 4) is 0 Å². The number of likely N-dealkylation sites (N-methyl/N-ethyl adjacent to an activating group) is 1. The van der Waals surface area contributed by atoms with Gasteiger partial charge in [0.05, 0.1) is 10.7 Å². The Bertz CT molecular complexity index is 781. The molecular formula is C16H19Cl2N5O2S. The predicted octanol–water partition coefficient (Wildman–Crippen LogP) is 2.36. The summed E-state index contributed by atoms with van der Waals surface area (Å²) in [6.45, 7) is 2.02. The number of rotatable bonds is 5. The summed E-state index contributed by atoms with van der Waals surface area (Å²) in [6, 6.07) is 3.27. The quantitative estimate of drug-likeness (QED) is 0.782. The van der Waals surface area contributed by atoms with E-state index in [1.807, 2.05) is 0 Å². The van der Waals surface area contributed by atoms with Crippen LogP contribution in [0.2, 0.25) is 5.02 Å². The van der Waals surface area contributed by atoms with Gasteiger partial charge in [-0.05, 0) is 19.2 Å². The molecule has 3 rings (SSSR count). The largest absolute Gasteiger partial charge is 0.349 e. The summed E-state index contributed by atoms with van der Waals surface area (Å²) in [6.07, 6.45) is 2.48. The van der Waals surface area contributed by atoms with Crippen LogP contribution in [0.15, 0.2) is 18.3 Å². The first-order valence-electron chi connectivity index (χ1n) is 7.88. The van der Waals surface area contributed by atoms with Crippen molar-refractivity contribution in [3.05, 3.63) is 38.9 Å². The molecule has 0 atom stereocenters. The van der Waals surface area contributed by atoms with Gasteiger partial charge in [-0.3, -0.25) is 9.59 Å². The average molecular weight is 416 g/mol. The van der Waals surface area contributed by atoms with E-state index in [0.717, 1.165) is 30.1 Å². The van der Waals surface area contributed by atoms with Gasteiger partial charge in [0.1, 0.15) is 5.82 Å². The van der Waals surface area contributed by atoms with Gasteiger partial charge in [-0.2, -0.15) is 0 Å². The smallest absolute Gasteiger partial charge is 0.280 e. The van der Waals surface area contributed by atoms with Crippen LogP contribution in [0.25, 0.3) is 0 Å². The fourth-order valence-electron chi connectivity index (χ4n) is 2.44. The molecule has 3 heterocycles. The molecule has 10 heteroatoms. The van der Waals surface area contributed by atoms with Gasteiger partial charge >= 0.3 is 0 Å². The molecule has 26 heavy (non-hydrogen) atoms. The van der Waals surface area contributed by atoms with Gasteiger partial charge in [0.25, 0.3) is 5.91 Å². The standard InChI is InChI=1S/C16H18ClN5O2S.ClH/c1-22-7-5-11-12(9-22)25-16(20-11)15(24)18-6-4-14(23)21-13-3-2-10(17)8-19-13;/h2-3,8H,4-7,9H2,1H3,(H,18,24)(H,19,21,23);1H. The Kier molecular flexibility index (Phi) is 7.33. The van der Waals surface area contributed by atoms with Gasteiger partial charge in [0, 0.05) is 43.5 Å². The first-order valence-corrected chi connectivity index (χ1v) is 9.07. The molecular weight excluding hydrogens is 397 g/mol. The van der Waals surface area contributed by atoms with E-state index in [-0.39, 0.29) is 37.2 Å². The van der Waals surface area contributed by atoms with Crippen LogP contribution in [0.5, 0.6) is 0 Å². The molecule has 0 unspecified atom stereocenters. The van der Waals surface area contributed by atoms with Crippen molar-refractivity contribution in [2.45, 2.75) is 19.4 Å². The van der Waals surface area contributed by atoms with Crippen molar-refractivity contribution >= 4 is 53.0 Å². The molecule has 0 saturated carbocycles. The number of fused-ring (bicyclic) bond motifs is 1. The van der Waals surface area contributed by atoms with Crippen LogP contribution in [0.1, 0.15) is 26.8 Å². The molecule has 2 N–H and O–H groups in total. The second kappa shape index (κ2) is 9.27. The summed E-state index contributed by atoms with van der Waals surface area (Å²) in [7, 11) is 2.05. The van der Waals surface area contributed by atoms with Gasteiger partial charge in [-0.15, -0.1) is 23.7 Å². The third kappa shape index (κ3) is 5.38. The van der Waals surface area contributed by atoms with Crippen LogP contribution in [0, 0.1) is 0 Å². The lowest BCUT2D eigenvalue weighted by atomic mass is 10.2. The van der Waals surface area contributed by atoms with E-state index in [1.165, 1.54) is 17.5 Å². The molecule has 2 aromatic rings. The Labute approximate surface area is 166 Å². The normalized spacial score (nSPS) is 13.5. The molecule has 140 valence electrons. The average Bonchev–Trinajstić information content (AvgIpc) is 3.00. The highest BCUT2D eigenvalue weighted by Crippen LogP contribution is 2.24. The molecule has 1 aliphatic rings. The van der Waals surface area contributed by atoms with E-state index >= 15 is 0 Å². The van der Waals surface area contributed by atoms with Gasteiger partial charge in [-0.1, -0.05) is 11.6 Å². The molecule has 0 spiro atoms. The van der Waals surface area contributed by atoms with Gasteiger partial charge < -0.3 is 15.5 Å². The second-order valence-corrected chi connectivity index (χ2v) is 7.31. The summed E-state index contributed by atoms with van der Waals surface area (Å²) in [4.78, 5) is 35.8. The zero-order valence-electron chi connectivity index (χ0n) is 14.1. The van der Waals surface area contributed by atoms with Crippen molar-refractivity contribution in [2.75, 3.05) is 25.5 Å². The number of nitrogens with zero attached hydrogens (tertiary/aromatic N) is 3. The summed E-state index contributed by atoms with van der Waals surface area (Å²) < 4.78 is 0. The number of pyridine rings is 1. The van der Waals surface area contributed by atoms with Crippen molar-refractivity contribution in [1.82, 2.24) is 20.2 Å². The Morgan fingerprint density at radius 2 is 2.19 bits per heavy atom. The van der Waals surface area contributed by atoms with E-state index in [1.54, 1.807) is 12.1 Å². The van der Waals surface area contributed by atoms with Gasteiger partial charge in [0.2, 0.25) is 5.91 Å². The summed E-state index contributed by atoms with van der Waals surface area (Å²) >= 11 is 7.16. The van der Waals surface area contributed by atoms with E-state index in [4.69, 9.17) is 11.6 Å². The highest BCUT2D eigenvalue weighted by atomic mass is 35.5. The minimum absolute atomic E-state index is 0. The number of halogens is 2. The maximum atomic E-state index is 12.2. The zero-order chi connectivity index (χ0) is 17.8. The number of carbonyl (C=O) groups excluding carboxylic acids is 2. The molecule has 0 fully saturated rings. The molecule has 0 aliphatic carbocycles. The van der Waals surface area contributed by atoms with Crippen molar-refractivity contribution in [1.29, 1.82) is 0 Å². The number of hydrogen-bond donors (Lipinski definition) is 2. The third-order valence-corrected chi connectivity index (χ3v) is 5.05. The number of anilines is 1. The first-order chi connectivity index (χ1) is 12.0. The number of hydrogen-bond acceptors (Lipinski definition) is 6. The zero-order valence-corrected chi connectivity index (χ0v) is 16.5. The van der Waals surface area contributed by atoms with Gasteiger partial charge in [-0.25, -0.2) is 9.97 Å². The minimum atomic E-state index is -0.237. The highest BCUT2D eigenvalue weighted by molar-refractivity contribution is 7.13. The predicted molar refractivity (Wildman–Crippen MR) is 104 cm³/mol. The van der Waals surface area contributed by atoms with Gasteiger partial charge in [0.15, 0.2) is 5.01 Å². The van der Waals surface area contributed by atoms with E-state index in [2.05, 4.69) is 32.5 Å². The Hall–Kier alpha value is -1.74. The number of carbonyl (C=O) groups is 2. The van der Waals surface area contributed by atoms with Crippen LogP contribution in [0.3, 0.4) is 0 Å². The lowest BCUT2D eigenvalue weighted by molar-refractivity contribution is -0.116. The van der Waals surface area contributed by atoms with E-state index in [0.29, 0.717) is 15.8 Å².